The van der Waals surface area contributed by atoms with E-state index in [0.717, 1.165) is 42.3 Å². The maximum atomic E-state index is 9.17. The van der Waals surface area contributed by atoms with E-state index in [1.807, 2.05) is 60.7 Å². The van der Waals surface area contributed by atoms with E-state index in [4.69, 9.17) is 0 Å². The van der Waals surface area contributed by atoms with Crippen molar-refractivity contribution in [2.75, 3.05) is 9.80 Å². The Morgan fingerprint density at radius 3 is 1.00 bits per heavy atom. The van der Waals surface area contributed by atoms with Gasteiger partial charge in [0.1, 0.15) is 11.4 Å². The molecule has 3 aliphatic rings. The molecule has 0 spiro atoms. The predicted octanol–water partition coefficient (Wildman–Crippen LogP) is 8.41. The lowest BCUT2D eigenvalue weighted by Gasteiger charge is -2.38. The van der Waals surface area contributed by atoms with E-state index in [1.165, 1.54) is 0 Å². The molecule has 0 amide bonds. The highest BCUT2D eigenvalue weighted by Gasteiger charge is 2.34. The SMILES string of the molecule is N=C1C(=N)C(N2c3ccccc3Sc3ccccc32)=CC=C1N1c2ccccc2Sc2ccccc21. The third-order valence-corrected chi connectivity index (χ3v) is 8.77. The number of anilines is 4. The van der Waals surface area contributed by atoms with Crippen LogP contribution in [0.15, 0.2) is 140 Å². The van der Waals surface area contributed by atoms with Gasteiger partial charge in [0.15, 0.2) is 0 Å². The Balaban J connectivity index is 1.40. The largest absolute Gasteiger partial charge is 0.306 e. The van der Waals surface area contributed by atoms with Gasteiger partial charge in [0, 0.05) is 19.6 Å². The van der Waals surface area contributed by atoms with Crippen molar-refractivity contribution in [3.8, 4) is 0 Å². The van der Waals surface area contributed by atoms with Gasteiger partial charge in [0.05, 0.1) is 34.1 Å². The summed E-state index contributed by atoms with van der Waals surface area (Å²) in [6.07, 6.45) is 3.98. The number of fused-ring (bicyclic) bond motifs is 4. The molecule has 0 bridgehead atoms. The smallest absolute Gasteiger partial charge is 0.105 e. The zero-order valence-corrected chi connectivity index (χ0v) is 20.7. The zero-order chi connectivity index (χ0) is 24.2. The van der Waals surface area contributed by atoms with Crippen LogP contribution in [0.1, 0.15) is 0 Å². The molecule has 4 aromatic carbocycles. The number of hydrogen-bond donors (Lipinski definition) is 2. The van der Waals surface area contributed by atoms with Crippen molar-refractivity contribution in [1.29, 1.82) is 10.8 Å². The first-order valence-corrected chi connectivity index (χ1v) is 13.3. The second-order valence-corrected chi connectivity index (χ2v) is 10.8. The van der Waals surface area contributed by atoms with Crippen LogP contribution in [0.25, 0.3) is 0 Å². The molecular formula is C30H20N4S2. The van der Waals surface area contributed by atoms with Gasteiger partial charge in [-0.2, -0.15) is 0 Å². The van der Waals surface area contributed by atoms with Gasteiger partial charge in [-0.3, -0.25) is 10.8 Å². The summed E-state index contributed by atoms with van der Waals surface area (Å²) in [4.78, 5) is 8.81. The van der Waals surface area contributed by atoms with E-state index in [9.17, 15) is 10.8 Å². The first kappa shape index (κ1) is 21.3. The van der Waals surface area contributed by atoms with E-state index >= 15 is 0 Å². The lowest BCUT2D eigenvalue weighted by atomic mass is 9.98. The van der Waals surface area contributed by atoms with Gasteiger partial charge in [-0.15, -0.1) is 0 Å². The number of hydrogen-bond acceptors (Lipinski definition) is 6. The second-order valence-electron chi connectivity index (χ2n) is 8.60. The number of nitrogens with zero attached hydrogens (tertiary/aromatic N) is 2. The van der Waals surface area contributed by atoms with E-state index < -0.39 is 0 Å². The van der Waals surface area contributed by atoms with Crippen LogP contribution in [-0.4, -0.2) is 11.4 Å². The van der Waals surface area contributed by atoms with Crippen molar-refractivity contribution in [2.24, 2.45) is 0 Å². The Hall–Kier alpha value is -4.00. The molecule has 0 fully saturated rings. The molecule has 7 rings (SSSR count). The maximum absolute atomic E-state index is 9.17. The van der Waals surface area contributed by atoms with Crippen molar-refractivity contribution in [3.63, 3.8) is 0 Å². The van der Waals surface area contributed by atoms with Gasteiger partial charge in [-0.1, -0.05) is 72.1 Å². The molecular weight excluding hydrogens is 480 g/mol. The lowest BCUT2D eigenvalue weighted by Crippen LogP contribution is -2.36. The summed E-state index contributed by atoms with van der Waals surface area (Å²) in [5.41, 5.74) is 5.96. The topological polar surface area (TPSA) is 54.2 Å². The summed E-state index contributed by atoms with van der Waals surface area (Å²) >= 11 is 3.48. The molecule has 6 heteroatoms. The summed E-state index contributed by atoms with van der Waals surface area (Å²) < 4.78 is 0. The molecule has 2 aliphatic heterocycles. The predicted molar refractivity (Wildman–Crippen MR) is 150 cm³/mol. The Bertz CT molecular complexity index is 1440. The summed E-state index contributed by atoms with van der Waals surface area (Å²) in [6, 6.07) is 33.1. The van der Waals surface area contributed by atoms with E-state index in [0.29, 0.717) is 11.4 Å². The fourth-order valence-electron chi connectivity index (χ4n) is 4.88. The quantitative estimate of drug-likeness (QED) is 0.271. The van der Waals surface area contributed by atoms with Crippen molar-refractivity contribution in [3.05, 3.63) is 121 Å². The van der Waals surface area contributed by atoms with Gasteiger partial charge in [-0.05, 0) is 60.7 Å². The van der Waals surface area contributed by atoms with Crippen LogP contribution in [0, 0.1) is 10.8 Å². The molecule has 172 valence electrons. The number of benzene rings is 4. The van der Waals surface area contributed by atoms with Gasteiger partial charge in [0.2, 0.25) is 0 Å². The van der Waals surface area contributed by atoms with Crippen LogP contribution in [-0.2, 0) is 0 Å². The minimum atomic E-state index is 0.206. The molecule has 0 saturated carbocycles. The monoisotopic (exact) mass is 500 g/mol. The summed E-state index contributed by atoms with van der Waals surface area (Å²) in [5.74, 6) is 0. The minimum Gasteiger partial charge on any atom is -0.306 e. The van der Waals surface area contributed by atoms with Crippen LogP contribution in [0.5, 0.6) is 0 Å². The first-order chi connectivity index (χ1) is 17.7. The second kappa shape index (κ2) is 8.29. The van der Waals surface area contributed by atoms with Crippen molar-refractivity contribution in [1.82, 2.24) is 0 Å². The highest BCUT2D eigenvalue weighted by atomic mass is 32.2. The Kier molecular flexibility index (Phi) is 4.91. The average Bonchev–Trinajstić information content (AvgIpc) is 2.92. The third kappa shape index (κ3) is 3.19. The highest BCUT2D eigenvalue weighted by molar-refractivity contribution is 8.00. The fraction of sp³-hybridized carbons (Fsp3) is 0. The first-order valence-electron chi connectivity index (χ1n) is 11.6. The molecule has 1 aliphatic carbocycles. The van der Waals surface area contributed by atoms with Crippen LogP contribution in [0.3, 0.4) is 0 Å². The minimum absolute atomic E-state index is 0.206. The molecule has 36 heavy (non-hydrogen) atoms. The zero-order valence-electron chi connectivity index (χ0n) is 19.1. The van der Waals surface area contributed by atoms with E-state index in [-0.39, 0.29) is 11.4 Å². The van der Waals surface area contributed by atoms with Gasteiger partial charge in [-0.25, -0.2) is 0 Å². The van der Waals surface area contributed by atoms with Crippen LogP contribution in [0.4, 0.5) is 22.7 Å². The Labute approximate surface area is 218 Å². The molecule has 2 N–H and O–H groups in total. The van der Waals surface area contributed by atoms with Crippen molar-refractivity contribution in [2.45, 2.75) is 19.6 Å². The Morgan fingerprint density at radius 1 is 0.417 bits per heavy atom. The average molecular weight is 501 g/mol. The molecule has 0 unspecified atom stereocenters. The van der Waals surface area contributed by atoms with Crippen molar-refractivity contribution >= 4 is 57.7 Å². The van der Waals surface area contributed by atoms with E-state index in [1.54, 1.807) is 23.5 Å². The van der Waals surface area contributed by atoms with Crippen LogP contribution in [0.2, 0.25) is 0 Å². The van der Waals surface area contributed by atoms with Gasteiger partial charge in [0.25, 0.3) is 0 Å². The number of rotatable bonds is 2. The van der Waals surface area contributed by atoms with Crippen LogP contribution < -0.4 is 9.80 Å². The number of nitrogens with one attached hydrogen (secondary N) is 2. The van der Waals surface area contributed by atoms with Gasteiger partial charge >= 0.3 is 0 Å². The molecule has 0 aromatic heterocycles. The molecule has 0 radical (unpaired) electrons. The van der Waals surface area contributed by atoms with E-state index in [2.05, 4.69) is 58.3 Å². The summed E-state index contributed by atoms with van der Waals surface area (Å²) in [7, 11) is 0. The van der Waals surface area contributed by atoms with Gasteiger partial charge < -0.3 is 9.80 Å². The third-order valence-electron chi connectivity index (χ3n) is 6.51. The maximum Gasteiger partial charge on any atom is 0.105 e. The number of allylic oxidation sites excluding steroid dienone is 4. The summed E-state index contributed by atoms with van der Waals surface area (Å²) in [5, 5.41) is 18.3. The Morgan fingerprint density at radius 2 is 0.694 bits per heavy atom. The molecule has 4 aromatic rings. The molecule has 2 heterocycles. The standard InChI is InChI=1S/C30H20N4S2/c31-29-23(33-19-9-1-5-13-25(19)35-26-14-6-2-10-20(26)33)17-18-24(30(29)32)34-21-11-3-7-15-27(21)36-28-16-8-4-12-22(28)34/h1-18,31-32H. The molecule has 0 atom stereocenters. The van der Waals surface area contributed by atoms with Crippen LogP contribution >= 0.6 is 23.5 Å². The fourth-order valence-corrected chi connectivity index (χ4v) is 7.00. The normalized spacial score (nSPS) is 15.9. The number of para-hydroxylation sites is 4. The lowest BCUT2D eigenvalue weighted by molar-refractivity contribution is 1.10. The summed E-state index contributed by atoms with van der Waals surface area (Å²) in [6.45, 7) is 0. The molecule has 4 nitrogen and oxygen atoms in total. The highest BCUT2D eigenvalue weighted by Crippen LogP contribution is 2.52. The molecule has 0 saturated heterocycles. The van der Waals surface area contributed by atoms with Crippen molar-refractivity contribution < 1.29 is 0 Å².